The van der Waals surface area contributed by atoms with E-state index in [9.17, 15) is 0 Å². The molecule has 0 heterocycles. The van der Waals surface area contributed by atoms with Crippen LogP contribution in [-0.4, -0.2) is 7.05 Å². The zero-order chi connectivity index (χ0) is 12.1. The molecule has 0 amide bonds. The maximum atomic E-state index is 4.18. The van der Waals surface area contributed by atoms with Crippen LogP contribution < -0.4 is 5.32 Å². The third-order valence-electron chi connectivity index (χ3n) is 3.13. The van der Waals surface area contributed by atoms with Crippen LogP contribution in [0.15, 0.2) is 47.7 Å². The lowest BCUT2D eigenvalue weighted by atomic mass is 9.84. The summed E-state index contributed by atoms with van der Waals surface area (Å²) >= 11 is 0. The third-order valence-corrected chi connectivity index (χ3v) is 3.13. The average Bonchev–Trinajstić information content (AvgIpc) is 2.28. The molecule has 88 valence electrons. The standard InChI is InChI=1S/C15H23N/c1-11(2)13(4)15-8-6-14(7-9-15)12(3)10-16-5/h6-8,10-11,15-16H,4,9H2,1-3,5H3/b12-10-. The van der Waals surface area contributed by atoms with Crippen LogP contribution in [0.5, 0.6) is 0 Å². The SMILES string of the molecule is C=C(C(C)C)C1C=CC(/C(C)=C\NC)=CC1. The molecule has 0 aromatic heterocycles. The molecule has 0 bridgehead atoms. The van der Waals surface area contributed by atoms with E-state index in [1.807, 2.05) is 13.2 Å². The molecule has 1 unspecified atom stereocenters. The summed E-state index contributed by atoms with van der Waals surface area (Å²) in [6.07, 6.45) is 9.92. The van der Waals surface area contributed by atoms with Gasteiger partial charge in [0.2, 0.25) is 0 Å². The predicted molar refractivity (Wildman–Crippen MR) is 72.1 cm³/mol. The van der Waals surface area contributed by atoms with E-state index in [1.165, 1.54) is 16.7 Å². The second-order valence-corrected chi connectivity index (χ2v) is 4.71. The Morgan fingerprint density at radius 1 is 1.56 bits per heavy atom. The highest BCUT2D eigenvalue weighted by Gasteiger charge is 2.14. The second kappa shape index (κ2) is 5.74. The van der Waals surface area contributed by atoms with Crippen LogP contribution in [-0.2, 0) is 0 Å². The van der Waals surface area contributed by atoms with Gasteiger partial charge in [-0.1, -0.05) is 44.2 Å². The Morgan fingerprint density at radius 2 is 2.25 bits per heavy atom. The van der Waals surface area contributed by atoms with E-state index in [4.69, 9.17) is 0 Å². The molecule has 0 saturated carbocycles. The molecule has 1 aliphatic carbocycles. The first-order chi connectivity index (χ1) is 7.56. The third kappa shape index (κ3) is 3.13. The van der Waals surface area contributed by atoms with Crippen molar-refractivity contribution in [3.8, 4) is 0 Å². The maximum Gasteiger partial charge on any atom is 0.00278 e. The van der Waals surface area contributed by atoms with Crippen molar-refractivity contribution in [2.45, 2.75) is 27.2 Å². The fourth-order valence-corrected chi connectivity index (χ4v) is 1.92. The zero-order valence-electron chi connectivity index (χ0n) is 10.9. The number of hydrogen-bond donors (Lipinski definition) is 1. The molecule has 16 heavy (non-hydrogen) atoms. The first-order valence-electron chi connectivity index (χ1n) is 5.97. The van der Waals surface area contributed by atoms with Crippen LogP contribution in [0.1, 0.15) is 27.2 Å². The van der Waals surface area contributed by atoms with Crippen molar-refractivity contribution in [2.24, 2.45) is 11.8 Å². The minimum Gasteiger partial charge on any atom is -0.394 e. The van der Waals surface area contributed by atoms with Gasteiger partial charge in [-0.15, -0.1) is 0 Å². The van der Waals surface area contributed by atoms with Crippen molar-refractivity contribution in [2.75, 3.05) is 7.05 Å². The van der Waals surface area contributed by atoms with Gasteiger partial charge in [0.1, 0.15) is 0 Å². The van der Waals surface area contributed by atoms with Gasteiger partial charge in [-0.05, 0) is 36.6 Å². The van der Waals surface area contributed by atoms with Crippen LogP contribution in [0.2, 0.25) is 0 Å². The summed E-state index contributed by atoms with van der Waals surface area (Å²) in [5.41, 5.74) is 3.94. The van der Waals surface area contributed by atoms with E-state index in [2.05, 4.69) is 50.9 Å². The van der Waals surface area contributed by atoms with Gasteiger partial charge in [-0.25, -0.2) is 0 Å². The lowest BCUT2D eigenvalue weighted by Crippen LogP contribution is -2.08. The molecular formula is C15H23N. The predicted octanol–water partition coefficient (Wildman–Crippen LogP) is 3.82. The van der Waals surface area contributed by atoms with Crippen molar-refractivity contribution in [1.29, 1.82) is 0 Å². The molecule has 1 rings (SSSR count). The zero-order valence-corrected chi connectivity index (χ0v) is 10.9. The molecule has 0 aromatic carbocycles. The van der Waals surface area contributed by atoms with E-state index in [0.29, 0.717) is 11.8 Å². The monoisotopic (exact) mass is 217 g/mol. The van der Waals surface area contributed by atoms with Gasteiger partial charge in [0.05, 0.1) is 0 Å². The molecule has 0 saturated heterocycles. The summed E-state index contributed by atoms with van der Waals surface area (Å²) in [6.45, 7) is 10.7. The Bertz CT molecular complexity index is 342. The molecular weight excluding hydrogens is 194 g/mol. The summed E-state index contributed by atoms with van der Waals surface area (Å²) in [5.74, 6) is 1.09. The van der Waals surface area contributed by atoms with Crippen molar-refractivity contribution in [1.82, 2.24) is 5.32 Å². The fourth-order valence-electron chi connectivity index (χ4n) is 1.92. The first kappa shape index (κ1) is 12.8. The van der Waals surface area contributed by atoms with E-state index >= 15 is 0 Å². The topological polar surface area (TPSA) is 12.0 Å². The van der Waals surface area contributed by atoms with Crippen molar-refractivity contribution in [3.63, 3.8) is 0 Å². The molecule has 1 nitrogen and oxygen atoms in total. The molecule has 1 aliphatic rings. The van der Waals surface area contributed by atoms with E-state index in [-0.39, 0.29) is 0 Å². The van der Waals surface area contributed by atoms with Gasteiger partial charge in [0.25, 0.3) is 0 Å². The number of nitrogens with one attached hydrogen (secondary N) is 1. The smallest absolute Gasteiger partial charge is 0.00278 e. The summed E-state index contributed by atoms with van der Waals surface area (Å²) < 4.78 is 0. The molecule has 0 spiro atoms. The van der Waals surface area contributed by atoms with Gasteiger partial charge in [0, 0.05) is 13.0 Å². The van der Waals surface area contributed by atoms with E-state index in [0.717, 1.165) is 6.42 Å². The van der Waals surface area contributed by atoms with Crippen LogP contribution in [0.4, 0.5) is 0 Å². The van der Waals surface area contributed by atoms with Crippen molar-refractivity contribution < 1.29 is 0 Å². The molecule has 1 N–H and O–H groups in total. The van der Waals surface area contributed by atoms with Crippen LogP contribution in [0.25, 0.3) is 0 Å². The van der Waals surface area contributed by atoms with Crippen molar-refractivity contribution in [3.05, 3.63) is 47.7 Å². The Kier molecular flexibility index (Phi) is 4.60. The van der Waals surface area contributed by atoms with Gasteiger partial charge in [0.15, 0.2) is 0 Å². The second-order valence-electron chi connectivity index (χ2n) is 4.71. The highest BCUT2D eigenvalue weighted by atomic mass is 14.8. The summed E-state index contributed by atoms with van der Waals surface area (Å²) in [4.78, 5) is 0. The number of allylic oxidation sites excluding steroid dienone is 6. The van der Waals surface area contributed by atoms with Gasteiger partial charge in [-0.2, -0.15) is 0 Å². The van der Waals surface area contributed by atoms with E-state index in [1.54, 1.807) is 0 Å². The largest absolute Gasteiger partial charge is 0.394 e. The molecule has 0 radical (unpaired) electrons. The quantitative estimate of drug-likeness (QED) is 0.706. The fraction of sp³-hybridized carbons (Fsp3) is 0.467. The summed E-state index contributed by atoms with van der Waals surface area (Å²) in [6, 6.07) is 0. The number of rotatable bonds is 4. The molecule has 0 aromatic rings. The van der Waals surface area contributed by atoms with E-state index < -0.39 is 0 Å². The van der Waals surface area contributed by atoms with Gasteiger partial charge >= 0.3 is 0 Å². The van der Waals surface area contributed by atoms with Crippen molar-refractivity contribution >= 4 is 0 Å². The van der Waals surface area contributed by atoms with Crippen LogP contribution in [0, 0.1) is 11.8 Å². The molecule has 0 fully saturated rings. The Balaban J connectivity index is 2.67. The Morgan fingerprint density at radius 3 is 2.69 bits per heavy atom. The Labute approximate surface area is 99.6 Å². The molecule has 0 aliphatic heterocycles. The number of hydrogen-bond acceptors (Lipinski definition) is 1. The maximum absolute atomic E-state index is 4.18. The van der Waals surface area contributed by atoms with Crippen LogP contribution >= 0.6 is 0 Å². The van der Waals surface area contributed by atoms with Crippen LogP contribution in [0.3, 0.4) is 0 Å². The normalized spacial score (nSPS) is 20.9. The summed E-state index contributed by atoms with van der Waals surface area (Å²) in [7, 11) is 1.93. The minimum absolute atomic E-state index is 0.520. The molecule has 1 heteroatoms. The summed E-state index contributed by atoms with van der Waals surface area (Å²) in [5, 5.41) is 3.06. The molecule has 1 atom stereocenters. The minimum atomic E-state index is 0.520. The van der Waals surface area contributed by atoms with Gasteiger partial charge < -0.3 is 5.32 Å². The Hall–Kier alpha value is -1.24. The lowest BCUT2D eigenvalue weighted by molar-refractivity contribution is 0.632. The first-order valence-corrected chi connectivity index (χ1v) is 5.97. The highest BCUT2D eigenvalue weighted by Crippen LogP contribution is 2.28. The average molecular weight is 217 g/mol. The highest BCUT2D eigenvalue weighted by molar-refractivity contribution is 5.41. The van der Waals surface area contributed by atoms with Gasteiger partial charge in [-0.3, -0.25) is 0 Å². The lowest BCUT2D eigenvalue weighted by Gasteiger charge is -2.21.